The van der Waals surface area contributed by atoms with E-state index >= 15 is 0 Å². The summed E-state index contributed by atoms with van der Waals surface area (Å²) in [6.07, 6.45) is 10.4. The van der Waals surface area contributed by atoms with Crippen molar-refractivity contribution in [3.05, 3.63) is 88.9 Å². The lowest BCUT2D eigenvalue weighted by Gasteiger charge is -2.20. The molecule has 384 valence electrons. The van der Waals surface area contributed by atoms with E-state index in [2.05, 4.69) is 34.3 Å². The number of unbranched alkanes of at least 4 members (excludes halogenated alkanes) is 2. The minimum absolute atomic E-state index is 0.0787. The summed E-state index contributed by atoms with van der Waals surface area (Å²) in [6.45, 7) is 10.9. The van der Waals surface area contributed by atoms with Crippen LogP contribution in [0.2, 0.25) is 6.82 Å². The fraction of sp³-hybridized carbons (Fsp3) is 0.388. The van der Waals surface area contributed by atoms with Gasteiger partial charge in [0.2, 0.25) is 29.6 Å². The predicted molar refractivity (Wildman–Crippen MR) is 274 cm³/mol. The van der Waals surface area contributed by atoms with Gasteiger partial charge in [-0.1, -0.05) is 25.4 Å². The molecule has 24 heteroatoms. The average molecular weight is 1000 g/mol. The Kier molecular flexibility index (Phi) is 18.3. The van der Waals surface area contributed by atoms with E-state index in [1.165, 1.54) is 55.3 Å². The number of aromatic nitrogens is 6. The number of imidazole rings is 2. The van der Waals surface area contributed by atoms with Gasteiger partial charge >= 0.3 is 0 Å². The number of hydrogen-bond donors (Lipinski definition) is 6. The summed E-state index contributed by atoms with van der Waals surface area (Å²) in [5, 5.41) is 14.9. The first-order valence-corrected chi connectivity index (χ1v) is 23.9. The molecule has 7 rings (SSSR count). The predicted octanol–water partition coefficient (Wildman–Crippen LogP) is 3.25. The number of benzene rings is 2. The third-order valence-corrected chi connectivity index (χ3v) is 11.7. The van der Waals surface area contributed by atoms with Gasteiger partial charge in [-0.15, -0.1) is 0 Å². The lowest BCUT2D eigenvalue weighted by Crippen LogP contribution is -2.38. The Hall–Kier alpha value is -8.28. The zero-order valence-corrected chi connectivity index (χ0v) is 41.8. The van der Waals surface area contributed by atoms with Crippen molar-refractivity contribution < 1.29 is 43.0 Å². The lowest BCUT2D eigenvalue weighted by atomic mass is 10.1. The highest BCUT2D eigenvalue weighted by Gasteiger charge is 2.28. The molecule has 3 aromatic heterocycles. The first-order chi connectivity index (χ1) is 35.1. The van der Waals surface area contributed by atoms with Crippen LogP contribution in [-0.4, -0.2) is 127 Å². The number of aryl methyl sites for hydroxylation is 2. The number of allylic oxidation sites excluding steroid dienone is 2. The van der Waals surface area contributed by atoms with E-state index in [4.69, 9.17) is 30.9 Å². The van der Waals surface area contributed by atoms with Crippen LogP contribution in [-0.2, 0) is 38.8 Å². The van der Waals surface area contributed by atoms with Gasteiger partial charge in [-0.3, -0.25) is 53.8 Å². The van der Waals surface area contributed by atoms with Crippen LogP contribution in [0.3, 0.4) is 0 Å². The molecule has 2 radical (unpaired) electrons. The van der Waals surface area contributed by atoms with Gasteiger partial charge in [0.1, 0.15) is 33.9 Å². The molecule has 0 fully saturated rings. The summed E-state index contributed by atoms with van der Waals surface area (Å²) in [5.74, 6) is -2.28. The molecule has 0 spiro atoms. The number of carbonyl (C=O) groups is 7. The van der Waals surface area contributed by atoms with Gasteiger partial charge in [-0.25, -0.2) is 15.4 Å². The van der Waals surface area contributed by atoms with Gasteiger partial charge in [0.25, 0.3) is 23.6 Å². The van der Waals surface area contributed by atoms with Gasteiger partial charge in [0.05, 0.1) is 38.3 Å². The van der Waals surface area contributed by atoms with E-state index < -0.39 is 23.6 Å². The second kappa shape index (κ2) is 24.7. The number of carbonyl (C=O) groups excluding carboxylic acids is 7. The summed E-state index contributed by atoms with van der Waals surface area (Å²) >= 11 is 0. The minimum atomic E-state index is -0.729. The quantitative estimate of drug-likeness (QED) is 0.0224. The number of fused-ring (bicyclic) bond motifs is 2. The van der Waals surface area contributed by atoms with Gasteiger partial charge < -0.3 is 40.4 Å². The molecule has 1 atom stereocenters. The highest BCUT2D eigenvalue weighted by molar-refractivity contribution is 6.13. The lowest BCUT2D eigenvalue weighted by molar-refractivity contribution is -0.137. The molecule has 2 aliphatic heterocycles. The van der Waals surface area contributed by atoms with Crippen molar-refractivity contribution in [2.45, 2.75) is 92.3 Å². The van der Waals surface area contributed by atoms with Crippen LogP contribution >= 0.6 is 0 Å². The van der Waals surface area contributed by atoms with Crippen LogP contribution in [0, 0.1) is 6.92 Å². The van der Waals surface area contributed by atoms with Gasteiger partial charge in [-0.2, -0.15) is 5.10 Å². The fourth-order valence-corrected chi connectivity index (χ4v) is 8.31. The van der Waals surface area contributed by atoms with E-state index in [1.54, 1.807) is 37.9 Å². The molecule has 1 unspecified atom stereocenters. The Morgan fingerprint density at radius 2 is 1.38 bits per heavy atom. The standard InChI is InChI=1S/C48H58N14O9.CH3B/c1-6-61-34(22-28(3)56-61)45(68)54-47-52-32-24-30(43(49)66)26-36(70-5)41(32)59(47)19-11-12-20-60-42-33(53-48(60)55-46(69)35-23-29(4)57-62(35)7-2)25-31(44(50)67)27-37(42)71-21-13-17-51-38(63)14-9-8-10-18-58-39(64)15-16-40(58)65;1-2/h11-12,15-16,22-28,56H,6-10,13-14,17-21H2,1-5H3,(H2,49,66)(H2,50,67)(H,51,63)(H,52,54,68)(H,53,55,69);1H3/b12-11+;. The molecule has 2 aromatic carbocycles. The summed E-state index contributed by atoms with van der Waals surface area (Å²) in [6, 6.07) is 7.62. The fourth-order valence-electron chi connectivity index (χ4n) is 8.31. The van der Waals surface area contributed by atoms with Crippen molar-refractivity contribution in [1.82, 2.24) is 49.5 Å². The molecule has 0 bridgehead atoms. The number of nitrogens with zero attached hydrogens (tertiary/aromatic N) is 8. The van der Waals surface area contributed by atoms with E-state index in [1.807, 2.05) is 32.9 Å². The van der Waals surface area contributed by atoms with Crippen molar-refractivity contribution in [2.75, 3.05) is 44.0 Å². The molecule has 2 aliphatic rings. The number of primary amides is 2. The number of likely N-dealkylation sites (N-methyl/N-ethyl adjacent to an activating group) is 1. The van der Waals surface area contributed by atoms with Crippen molar-refractivity contribution in [1.29, 1.82) is 0 Å². The highest BCUT2D eigenvalue weighted by Crippen LogP contribution is 2.33. The van der Waals surface area contributed by atoms with Crippen molar-refractivity contribution >= 4 is 83.2 Å². The number of hydrazine groups is 1. The van der Waals surface area contributed by atoms with Crippen LogP contribution in [0.15, 0.2) is 66.4 Å². The second-order valence-corrected chi connectivity index (χ2v) is 16.8. The van der Waals surface area contributed by atoms with E-state index in [0.29, 0.717) is 90.2 Å². The van der Waals surface area contributed by atoms with Crippen molar-refractivity contribution in [3.63, 3.8) is 0 Å². The van der Waals surface area contributed by atoms with Crippen LogP contribution in [0.25, 0.3) is 22.1 Å². The Labute approximate surface area is 422 Å². The molecule has 7 amide bonds. The Morgan fingerprint density at radius 3 is 1.96 bits per heavy atom. The first kappa shape index (κ1) is 54.1. The second-order valence-electron chi connectivity index (χ2n) is 16.8. The van der Waals surface area contributed by atoms with Gasteiger partial charge in [0.15, 0.2) is 0 Å². The Balaban J connectivity index is 0.00000429. The van der Waals surface area contributed by atoms with Crippen molar-refractivity contribution in [3.8, 4) is 11.5 Å². The van der Waals surface area contributed by atoms with Crippen LogP contribution in [0.4, 0.5) is 11.9 Å². The summed E-state index contributed by atoms with van der Waals surface area (Å²) in [7, 11) is 5.95. The molecule has 0 saturated carbocycles. The zero-order chi connectivity index (χ0) is 52.9. The topological polar surface area (TPSA) is 298 Å². The maximum absolute atomic E-state index is 13.9. The third kappa shape index (κ3) is 12.8. The Morgan fingerprint density at radius 1 is 0.795 bits per heavy atom. The monoisotopic (exact) mass is 1000 g/mol. The molecule has 8 N–H and O–H groups in total. The number of methoxy groups -OCH3 is 1. The highest BCUT2D eigenvalue weighted by atomic mass is 16.5. The number of hydrogen-bond acceptors (Lipinski definition) is 14. The number of amides is 7. The smallest absolute Gasteiger partial charge is 0.276 e. The molecule has 5 heterocycles. The normalized spacial score (nSPS) is 14.2. The molecule has 5 aromatic rings. The number of anilines is 2. The third-order valence-electron chi connectivity index (χ3n) is 11.7. The number of rotatable bonds is 24. The largest absolute Gasteiger partial charge is 0.494 e. The molecule has 73 heavy (non-hydrogen) atoms. The number of nitrogens with one attached hydrogen (secondary N) is 4. The summed E-state index contributed by atoms with van der Waals surface area (Å²) in [5.41, 5.74) is 17.8. The SMILES string of the molecule is CCN1NC(C)C=C1C(=O)Nc1nc2cc(C(N)=O)cc(OC)c2n1C/C=C/Cn1c(NC(=O)c2cc(C)nn2CC)nc2cc(C(N)=O)cc(OCCCNC(=O)CCCCCN3C(=O)C=CC3=O)c21.[B]C. The number of nitrogens with two attached hydrogens (primary N) is 2. The Bertz CT molecular complexity index is 2990. The van der Waals surface area contributed by atoms with E-state index in [9.17, 15) is 33.6 Å². The van der Waals surface area contributed by atoms with Gasteiger partial charge in [0, 0.05) is 75.0 Å². The van der Waals surface area contributed by atoms with Crippen molar-refractivity contribution in [2.24, 2.45) is 11.5 Å². The maximum Gasteiger partial charge on any atom is 0.276 e. The van der Waals surface area contributed by atoms with E-state index in [0.717, 1.165) is 0 Å². The summed E-state index contributed by atoms with van der Waals surface area (Å²) < 4.78 is 17.0. The zero-order valence-electron chi connectivity index (χ0n) is 41.8. The molecule has 0 aliphatic carbocycles. The molecule has 23 nitrogen and oxygen atoms in total. The van der Waals surface area contributed by atoms with Crippen LogP contribution in [0.1, 0.15) is 89.8 Å². The first-order valence-electron chi connectivity index (χ1n) is 23.9. The maximum atomic E-state index is 13.9. The van der Waals surface area contributed by atoms with E-state index in [-0.39, 0.29) is 85.2 Å². The van der Waals surface area contributed by atoms with Gasteiger partial charge in [-0.05, 0) is 83.4 Å². The molecular formula is C49H61BN14O9. The molecular weight excluding hydrogens is 939 g/mol. The number of ether oxygens (including phenoxy) is 2. The van der Waals surface area contributed by atoms with Crippen LogP contribution < -0.4 is 42.3 Å². The minimum Gasteiger partial charge on any atom is -0.494 e. The average Bonchev–Trinajstić information content (AvgIpc) is 4.19. The molecule has 0 saturated heterocycles. The number of imide groups is 1. The van der Waals surface area contributed by atoms with Crippen LogP contribution in [0.5, 0.6) is 11.5 Å². The summed E-state index contributed by atoms with van der Waals surface area (Å²) in [4.78, 5) is 99.3.